The molecular weight excluding hydrogens is 242 g/mol. The van der Waals surface area contributed by atoms with Gasteiger partial charge in [0, 0.05) is 24.0 Å². The molecule has 1 atom stereocenters. The molecule has 1 N–H and O–H groups in total. The largest absolute Gasteiger partial charge is 0.497 e. The van der Waals surface area contributed by atoms with Crippen LogP contribution in [0.5, 0.6) is 11.5 Å². The first kappa shape index (κ1) is 13.4. The molecule has 0 amide bonds. The zero-order valence-corrected chi connectivity index (χ0v) is 11.3. The normalized spacial score (nSPS) is 12.0. The van der Waals surface area contributed by atoms with Crippen LogP contribution in [-0.4, -0.2) is 24.3 Å². The predicted octanol–water partition coefficient (Wildman–Crippen LogP) is 2.49. The van der Waals surface area contributed by atoms with Gasteiger partial charge in [0.05, 0.1) is 14.2 Å². The highest BCUT2D eigenvalue weighted by Gasteiger charge is 2.15. The minimum atomic E-state index is -0.752. The maximum atomic E-state index is 10.5. The van der Waals surface area contributed by atoms with Crippen LogP contribution in [0.25, 0.3) is 0 Å². The summed E-state index contributed by atoms with van der Waals surface area (Å²) in [6, 6.07) is 7.22. The molecule has 2 aromatic rings. The average molecular weight is 259 g/mol. The predicted molar refractivity (Wildman–Crippen MR) is 72.6 cm³/mol. The number of aromatic nitrogens is 1. The quantitative estimate of drug-likeness (QED) is 0.916. The van der Waals surface area contributed by atoms with Crippen molar-refractivity contribution < 1.29 is 14.6 Å². The average Bonchev–Trinajstić information content (AvgIpc) is 2.46. The molecule has 1 heterocycles. The summed E-state index contributed by atoms with van der Waals surface area (Å²) in [6.07, 6.45) is 2.63. The summed E-state index contributed by atoms with van der Waals surface area (Å²) in [6.45, 7) is 1.94. The first-order chi connectivity index (χ1) is 9.15. The molecule has 0 saturated heterocycles. The topological polar surface area (TPSA) is 51.6 Å². The van der Waals surface area contributed by atoms with Gasteiger partial charge in [0.1, 0.15) is 17.6 Å². The number of methoxy groups -OCH3 is 2. The van der Waals surface area contributed by atoms with E-state index in [0.717, 1.165) is 11.1 Å². The number of ether oxygens (including phenoxy) is 2. The van der Waals surface area contributed by atoms with E-state index < -0.39 is 6.10 Å². The Hall–Kier alpha value is -2.07. The number of rotatable bonds is 4. The van der Waals surface area contributed by atoms with Crippen molar-refractivity contribution in [1.82, 2.24) is 4.98 Å². The lowest BCUT2D eigenvalue weighted by atomic mass is 9.99. The fourth-order valence-electron chi connectivity index (χ4n) is 1.93. The molecule has 1 unspecified atom stereocenters. The SMILES string of the molecule is COc1cc(OC)cc(C(O)c2cnccc2C)c1. The third-order valence-corrected chi connectivity index (χ3v) is 3.06. The van der Waals surface area contributed by atoms with Gasteiger partial charge >= 0.3 is 0 Å². The van der Waals surface area contributed by atoms with Crippen LogP contribution in [0.1, 0.15) is 22.8 Å². The molecule has 4 heteroatoms. The van der Waals surface area contributed by atoms with Crippen molar-refractivity contribution in [2.45, 2.75) is 13.0 Å². The van der Waals surface area contributed by atoms with E-state index in [1.807, 2.05) is 13.0 Å². The van der Waals surface area contributed by atoms with Crippen molar-refractivity contribution in [3.8, 4) is 11.5 Å². The highest BCUT2D eigenvalue weighted by Crippen LogP contribution is 2.30. The molecule has 0 bridgehead atoms. The van der Waals surface area contributed by atoms with Crippen molar-refractivity contribution in [3.63, 3.8) is 0 Å². The Kier molecular flexibility index (Phi) is 4.02. The van der Waals surface area contributed by atoms with Gasteiger partial charge in [-0.3, -0.25) is 4.98 Å². The van der Waals surface area contributed by atoms with Gasteiger partial charge in [-0.1, -0.05) is 0 Å². The van der Waals surface area contributed by atoms with Gasteiger partial charge in [0.25, 0.3) is 0 Å². The Labute approximate surface area is 112 Å². The van der Waals surface area contributed by atoms with Gasteiger partial charge < -0.3 is 14.6 Å². The van der Waals surface area contributed by atoms with Crippen LogP contribution in [0.4, 0.5) is 0 Å². The van der Waals surface area contributed by atoms with E-state index in [2.05, 4.69) is 4.98 Å². The number of aliphatic hydroxyl groups excluding tert-OH is 1. The number of aryl methyl sites for hydroxylation is 1. The molecule has 1 aromatic heterocycles. The van der Waals surface area contributed by atoms with Crippen LogP contribution in [0, 0.1) is 6.92 Å². The van der Waals surface area contributed by atoms with Gasteiger partial charge in [-0.05, 0) is 36.2 Å². The molecule has 1 aromatic carbocycles. The van der Waals surface area contributed by atoms with E-state index >= 15 is 0 Å². The van der Waals surface area contributed by atoms with Crippen molar-refractivity contribution in [2.24, 2.45) is 0 Å². The molecule has 4 nitrogen and oxygen atoms in total. The summed E-state index contributed by atoms with van der Waals surface area (Å²) in [5.74, 6) is 1.30. The molecule has 100 valence electrons. The summed E-state index contributed by atoms with van der Waals surface area (Å²) in [7, 11) is 3.17. The van der Waals surface area contributed by atoms with Crippen molar-refractivity contribution in [1.29, 1.82) is 0 Å². The highest BCUT2D eigenvalue weighted by molar-refractivity contribution is 5.43. The second-order valence-electron chi connectivity index (χ2n) is 4.28. The van der Waals surface area contributed by atoms with Crippen LogP contribution < -0.4 is 9.47 Å². The van der Waals surface area contributed by atoms with Gasteiger partial charge in [-0.2, -0.15) is 0 Å². The van der Waals surface area contributed by atoms with Crippen LogP contribution >= 0.6 is 0 Å². The number of benzene rings is 1. The second-order valence-corrected chi connectivity index (χ2v) is 4.28. The Balaban J connectivity index is 2.43. The third-order valence-electron chi connectivity index (χ3n) is 3.06. The minimum Gasteiger partial charge on any atom is -0.497 e. The summed E-state index contributed by atoms with van der Waals surface area (Å²) < 4.78 is 10.4. The van der Waals surface area contributed by atoms with Gasteiger partial charge in [-0.25, -0.2) is 0 Å². The van der Waals surface area contributed by atoms with E-state index in [9.17, 15) is 5.11 Å². The molecule has 2 rings (SSSR count). The third kappa shape index (κ3) is 2.85. The Morgan fingerprint density at radius 3 is 2.26 bits per heavy atom. The van der Waals surface area contributed by atoms with Gasteiger partial charge in [-0.15, -0.1) is 0 Å². The van der Waals surface area contributed by atoms with Crippen molar-refractivity contribution >= 4 is 0 Å². The highest BCUT2D eigenvalue weighted by atomic mass is 16.5. The smallest absolute Gasteiger partial charge is 0.122 e. The molecule has 0 saturated carbocycles. The Morgan fingerprint density at radius 1 is 1.11 bits per heavy atom. The molecule has 0 spiro atoms. The van der Waals surface area contributed by atoms with Gasteiger partial charge in [0.15, 0.2) is 0 Å². The first-order valence-electron chi connectivity index (χ1n) is 5.97. The van der Waals surface area contributed by atoms with Crippen molar-refractivity contribution in [3.05, 3.63) is 53.3 Å². The fourth-order valence-corrected chi connectivity index (χ4v) is 1.93. The van der Waals surface area contributed by atoms with Crippen LogP contribution in [0.15, 0.2) is 36.7 Å². The molecule has 19 heavy (non-hydrogen) atoms. The molecule has 0 aliphatic carbocycles. The molecule has 0 radical (unpaired) electrons. The number of nitrogens with zero attached hydrogens (tertiary/aromatic N) is 1. The standard InChI is InChI=1S/C15H17NO3/c1-10-4-5-16-9-14(10)15(17)11-6-12(18-2)8-13(7-11)19-3/h4-9,15,17H,1-3H3. The lowest BCUT2D eigenvalue weighted by Gasteiger charge is -2.15. The summed E-state index contributed by atoms with van der Waals surface area (Å²) >= 11 is 0. The summed E-state index contributed by atoms with van der Waals surface area (Å²) in [5.41, 5.74) is 2.48. The number of hydrogen-bond donors (Lipinski definition) is 1. The van der Waals surface area contributed by atoms with E-state index in [1.165, 1.54) is 0 Å². The van der Waals surface area contributed by atoms with E-state index in [4.69, 9.17) is 9.47 Å². The van der Waals surface area contributed by atoms with Crippen LogP contribution in [-0.2, 0) is 0 Å². The monoisotopic (exact) mass is 259 g/mol. The zero-order chi connectivity index (χ0) is 13.8. The van der Waals surface area contributed by atoms with E-state index in [-0.39, 0.29) is 0 Å². The molecular formula is C15H17NO3. The summed E-state index contributed by atoms with van der Waals surface area (Å²) in [4.78, 5) is 4.05. The van der Waals surface area contributed by atoms with Crippen LogP contribution in [0.2, 0.25) is 0 Å². The van der Waals surface area contributed by atoms with Crippen molar-refractivity contribution in [2.75, 3.05) is 14.2 Å². The fraction of sp³-hybridized carbons (Fsp3) is 0.267. The lowest BCUT2D eigenvalue weighted by Crippen LogP contribution is -2.03. The van der Waals surface area contributed by atoms with Gasteiger partial charge in [0.2, 0.25) is 0 Å². The number of hydrogen-bond acceptors (Lipinski definition) is 4. The molecule has 0 aliphatic heterocycles. The lowest BCUT2D eigenvalue weighted by molar-refractivity contribution is 0.218. The van der Waals surface area contributed by atoms with E-state index in [1.54, 1.807) is 44.8 Å². The Morgan fingerprint density at radius 2 is 1.74 bits per heavy atom. The molecule has 0 aliphatic rings. The maximum absolute atomic E-state index is 10.5. The van der Waals surface area contributed by atoms with Crippen LogP contribution in [0.3, 0.4) is 0 Å². The number of pyridine rings is 1. The summed E-state index contributed by atoms with van der Waals surface area (Å²) in [5, 5.41) is 10.5. The Bertz CT molecular complexity index is 547. The van der Waals surface area contributed by atoms with E-state index in [0.29, 0.717) is 17.1 Å². The minimum absolute atomic E-state index is 0.648. The number of aliphatic hydroxyl groups is 1. The maximum Gasteiger partial charge on any atom is 0.122 e. The molecule has 0 fully saturated rings. The first-order valence-corrected chi connectivity index (χ1v) is 5.97. The second kappa shape index (κ2) is 5.71. The zero-order valence-electron chi connectivity index (χ0n) is 11.3.